The second kappa shape index (κ2) is 4.31. The third-order valence-electron chi connectivity index (χ3n) is 1.65. The van der Waals surface area contributed by atoms with Crippen molar-refractivity contribution in [3.05, 3.63) is 28.0 Å². The molecule has 3 nitrogen and oxygen atoms in total. The predicted molar refractivity (Wildman–Crippen MR) is 44.8 cm³/mol. The number of halogens is 3. The lowest BCUT2D eigenvalue weighted by Crippen LogP contribution is -2.00. The van der Waals surface area contributed by atoms with Crippen LogP contribution in [0.1, 0.15) is 23.1 Å². The van der Waals surface area contributed by atoms with Crippen LogP contribution < -0.4 is 0 Å². The Morgan fingerprint density at radius 2 is 2.29 bits per heavy atom. The zero-order valence-corrected chi connectivity index (χ0v) is 7.59. The highest BCUT2D eigenvalue weighted by Crippen LogP contribution is 2.30. The summed E-state index contributed by atoms with van der Waals surface area (Å²) in [6.07, 6.45) is -1.77. The summed E-state index contributed by atoms with van der Waals surface area (Å²) < 4.78 is 24.9. The van der Waals surface area contributed by atoms with E-state index < -0.39 is 23.7 Å². The highest BCUT2D eigenvalue weighted by atomic mass is 35.5. The van der Waals surface area contributed by atoms with Gasteiger partial charge in [0.15, 0.2) is 0 Å². The first-order valence-corrected chi connectivity index (χ1v) is 3.96. The van der Waals surface area contributed by atoms with Crippen molar-refractivity contribution in [2.24, 2.45) is 0 Å². The molecule has 0 spiro atoms. The number of aliphatic hydroxyl groups excluding tert-OH is 1. The maximum atomic E-state index is 12.4. The van der Waals surface area contributed by atoms with Gasteiger partial charge in [0.25, 0.3) is 6.43 Å². The smallest absolute Gasteiger partial charge is 0.268 e. The topological polar surface area (TPSA) is 56.9 Å². The Morgan fingerprint density at radius 1 is 1.64 bits per heavy atom. The van der Waals surface area contributed by atoms with Crippen molar-refractivity contribution < 1.29 is 13.9 Å². The predicted octanol–water partition coefficient (Wildman–Crippen LogP) is 2.04. The second-order valence-corrected chi connectivity index (χ2v) is 2.79. The number of hydrogen-bond acceptors (Lipinski definition) is 3. The molecule has 0 fully saturated rings. The molecule has 1 N–H and O–H groups in total. The monoisotopic (exact) mass is 218 g/mol. The molecule has 0 unspecified atom stereocenters. The fraction of sp³-hybridized carbons (Fsp3) is 0.250. The van der Waals surface area contributed by atoms with Crippen LogP contribution in [-0.2, 0) is 6.61 Å². The van der Waals surface area contributed by atoms with Crippen molar-refractivity contribution in [3.8, 4) is 6.07 Å². The maximum Gasteiger partial charge on any atom is 0.268 e. The van der Waals surface area contributed by atoms with Crippen molar-refractivity contribution in [2.75, 3.05) is 0 Å². The Morgan fingerprint density at radius 3 is 2.71 bits per heavy atom. The van der Waals surface area contributed by atoms with Gasteiger partial charge in [0, 0.05) is 11.8 Å². The standard InChI is InChI=1S/C8H5ClF2N2O/c9-7-6(8(10)11)5(1-12)4(3-14)2-13-7/h2,8,14H,3H2. The highest BCUT2D eigenvalue weighted by molar-refractivity contribution is 6.30. The summed E-state index contributed by atoms with van der Waals surface area (Å²) >= 11 is 5.41. The van der Waals surface area contributed by atoms with Crippen LogP contribution in [0, 0.1) is 11.3 Å². The molecule has 1 aromatic heterocycles. The van der Waals surface area contributed by atoms with Gasteiger partial charge in [-0.2, -0.15) is 5.26 Å². The number of nitriles is 1. The Labute approximate surface area is 83.6 Å². The first kappa shape index (κ1) is 10.8. The van der Waals surface area contributed by atoms with Crippen molar-refractivity contribution in [3.63, 3.8) is 0 Å². The molecule has 0 saturated carbocycles. The van der Waals surface area contributed by atoms with Gasteiger partial charge in [0.2, 0.25) is 0 Å². The molecule has 0 bridgehead atoms. The van der Waals surface area contributed by atoms with Crippen LogP contribution in [0.2, 0.25) is 5.15 Å². The van der Waals surface area contributed by atoms with Crippen LogP contribution in [-0.4, -0.2) is 10.1 Å². The van der Waals surface area contributed by atoms with Crippen LogP contribution in [0.4, 0.5) is 8.78 Å². The van der Waals surface area contributed by atoms with Crippen LogP contribution >= 0.6 is 11.6 Å². The summed E-state index contributed by atoms with van der Waals surface area (Å²) in [7, 11) is 0. The van der Waals surface area contributed by atoms with Crippen molar-refractivity contribution in [2.45, 2.75) is 13.0 Å². The molecule has 0 atom stereocenters. The Hall–Kier alpha value is -1.25. The zero-order chi connectivity index (χ0) is 10.7. The van der Waals surface area contributed by atoms with E-state index in [1.54, 1.807) is 6.07 Å². The average molecular weight is 219 g/mol. The van der Waals surface area contributed by atoms with Crippen LogP contribution in [0.25, 0.3) is 0 Å². The van der Waals surface area contributed by atoms with E-state index in [9.17, 15) is 8.78 Å². The number of hydrogen-bond donors (Lipinski definition) is 1. The SMILES string of the molecule is N#Cc1c(CO)cnc(Cl)c1C(F)F. The van der Waals surface area contributed by atoms with Crippen LogP contribution in [0.3, 0.4) is 0 Å². The largest absolute Gasteiger partial charge is 0.392 e. The second-order valence-electron chi connectivity index (χ2n) is 2.43. The van der Waals surface area contributed by atoms with Gasteiger partial charge in [-0.25, -0.2) is 13.8 Å². The van der Waals surface area contributed by atoms with E-state index >= 15 is 0 Å². The zero-order valence-electron chi connectivity index (χ0n) is 6.84. The van der Waals surface area contributed by atoms with Gasteiger partial charge in [0.05, 0.1) is 17.7 Å². The molecule has 0 amide bonds. The van der Waals surface area contributed by atoms with Gasteiger partial charge < -0.3 is 5.11 Å². The molecule has 74 valence electrons. The first-order valence-electron chi connectivity index (χ1n) is 3.58. The van der Waals surface area contributed by atoms with Crippen LogP contribution in [0.5, 0.6) is 0 Å². The van der Waals surface area contributed by atoms with E-state index in [-0.39, 0.29) is 11.1 Å². The summed E-state index contributed by atoms with van der Waals surface area (Å²) in [5, 5.41) is 17.0. The molecule has 0 aliphatic heterocycles. The molecule has 1 rings (SSSR count). The number of rotatable bonds is 2. The Kier molecular flexibility index (Phi) is 3.33. The minimum absolute atomic E-state index is 0.0483. The summed E-state index contributed by atoms with van der Waals surface area (Å²) in [5.41, 5.74) is -0.879. The van der Waals surface area contributed by atoms with Gasteiger partial charge >= 0.3 is 0 Å². The lowest BCUT2D eigenvalue weighted by molar-refractivity contribution is 0.150. The summed E-state index contributed by atoms with van der Waals surface area (Å²) in [6, 6.07) is 1.57. The number of pyridine rings is 1. The lowest BCUT2D eigenvalue weighted by atomic mass is 10.1. The molecular weight excluding hydrogens is 214 g/mol. The first-order chi connectivity index (χ1) is 6.61. The Bertz CT molecular complexity index is 390. The molecule has 1 heterocycles. The van der Waals surface area contributed by atoms with E-state index in [4.69, 9.17) is 22.0 Å². The minimum Gasteiger partial charge on any atom is -0.392 e. The van der Waals surface area contributed by atoms with E-state index in [0.717, 1.165) is 6.20 Å². The number of alkyl halides is 2. The fourth-order valence-electron chi connectivity index (χ4n) is 0.996. The average Bonchev–Trinajstić information content (AvgIpc) is 2.16. The maximum absolute atomic E-state index is 12.4. The van der Waals surface area contributed by atoms with E-state index in [1.165, 1.54) is 0 Å². The van der Waals surface area contributed by atoms with Crippen molar-refractivity contribution in [1.29, 1.82) is 5.26 Å². The van der Waals surface area contributed by atoms with Gasteiger partial charge in [-0.3, -0.25) is 0 Å². The number of nitrogens with zero attached hydrogens (tertiary/aromatic N) is 2. The molecule has 14 heavy (non-hydrogen) atoms. The van der Waals surface area contributed by atoms with Crippen molar-refractivity contribution in [1.82, 2.24) is 4.98 Å². The summed E-state index contributed by atoms with van der Waals surface area (Å²) in [4.78, 5) is 3.45. The van der Waals surface area contributed by atoms with Crippen LogP contribution in [0.15, 0.2) is 6.20 Å². The third-order valence-corrected chi connectivity index (χ3v) is 1.95. The molecule has 0 aromatic carbocycles. The number of aliphatic hydroxyl groups is 1. The van der Waals surface area contributed by atoms with Gasteiger partial charge in [0.1, 0.15) is 11.2 Å². The van der Waals surface area contributed by atoms with Gasteiger partial charge in [-0.1, -0.05) is 11.6 Å². The molecule has 1 aromatic rings. The highest BCUT2D eigenvalue weighted by Gasteiger charge is 2.20. The quantitative estimate of drug-likeness (QED) is 0.773. The molecule has 0 radical (unpaired) electrons. The Balaban J connectivity index is 3.45. The molecule has 0 aliphatic rings. The lowest BCUT2D eigenvalue weighted by Gasteiger charge is -2.07. The van der Waals surface area contributed by atoms with E-state index in [1.807, 2.05) is 0 Å². The molecular formula is C8H5ClF2N2O. The summed E-state index contributed by atoms with van der Waals surface area (Å²) in [6.45, 7) is -0.521. The van der Waals surface area contributed by atoms with Gasteiger partial charge in [-0.15, -0.1) is 0 Å². The summed E-state index contributed by atoms with van der Waals surface area (Å²) in [5.74, 6) is 0. The molecule has 0 saturated heterocycles. The van der Waals surface area contributed by atoms with Crippen molar-refractivity contribution >= 4 is 11.6 Å². The minimum atomic E-state index is -2.88. The van der Waals surface area contributed by atoms with E-state index in [0.29, 0.717) is 0 Å². The van der Waals surface area contributed by atoms with Gasteiger partial charge in [-0.05, 0) is 0 Å². The number of aromatic nitrogens is 1. The molecule has 0 aliphatic carbocycles. The normalized spacial score (nSPS) is 10.3. The molecule has 6 heteroatoms. The fourth-order valence-corrected chi connectivity index (χ4v) is 1.22. The third kappa shape index (κ3) is 1.81. The van der Waals surface area contributed by atoms with E-state index in [2.05, 4.69) is 4.98 Å².